The second-order valence-corrected chi connectivity index (χ2v) is 6.84. The van der Waals surface area contributed by atoms with Gasteiger partial charge in [-0.2, -0.15) is 0 Å². The van der Waals surface area contributed by atoms with Crippen molar-refractivity contribution in [2.45, 2.75) is 52.0 Å². The van der Waals surface area contributed by atoms with Gasteiger partial charge in [0.2, 0.25) is 0 Å². The van der Waals surface area contributed by atoms with E-state index in [2.05, 4.69) is 48.4 Å². The molecule has 1 aliphatic carbocycles. The summed E-state index contributed by atoms with van der Waals surface area (Å²) in [5.74, 6) is 0. The van der Waals surface area contributed by atoms with E-state index >= 15 is 0 Å². The Morgan fingerprint density at radius 2 is 2.05 bits per heavy atom. The fourth-order valence-electron chi connectivity index (χ4n) is 3.27. The number of nitrogens with zero attached hydrogens (tertiary/aromatic N) is 1. The maximum Gasteiger partial charge on any atom is 0.0423 e. The minimum Gasteiger partial charge on any atom is -0.382 e. The molecule has 0 radical (unpaired) electrons. The highest BCUT2D eigenvalue weighted by Gasteiger charge is 2.24. The Morgan fingerprint density at radius 3 is 2.95 bits per heavy atom. The Hall–Kier alpha value is -1.57. The van der Waals surface area contributed by atoms with Crippen LogP contribution in [0, 0.1) is 5.41 Å². The lowest BCUT2D eigenvalue weighted by atomic mass is 9.85. The maximum absolute atomic E-state index is 4.21. The van der Waals surface area contributed by atoms with Crippen LogP contribution in [0.1, 0.15) is 46.0 Å². The molecule has 2 heteroatoms. The summed E-state index contributed by atoms with van der Waals surface area (Å²) in [5.41, 5.74) is 1.77. The number of hydrogen-bond acceptors (Lipinski definition) is 2. The number of anilines is 1. The highest BCUT2D eigenvalue weighted by atomic mass is 14.9. The number of rotatable bonds is 2. The van der Waals surface area contributed by atoms with Crippen LogP contribution in [0.15, 0.2) is 36.7 Å². The Morgan fingerprint density at radius 1 is 1.15 bits per heavy atom. The van der Waals surface area contributed by atoms with E-state index in [-0.39, 0.29) is 0 Å². The Bertz CT molecular complexity index is 583. The molecule has 0 spiro atoms. The van der Waals surface area contributed by atoms with E-state index in [0.29, 0.717) is 11.5 Å². The van der Waals surface area contributed by atoms with Crippen LogP contribution < -0.4 is 5.32 Å². The Kier molecular flexibility index (Phi) is 3.64. The number of benzene rings is 1. The van der Waals surface area contributed by atoms with E-state index in [0.717, 1.165) is 0 Å². The number of fused-ring (bicyclic) bond motifs is 1. The van der Waals surface area contributed by atoms with Crippen molar-refractivity contribution < 1.29 is 0 Å². The first-order valence-corrected chi connectivity index (χ1v) is 7.73. The van der Waals surface area contributed by atoms with Gasteiger partial charge in [-0.1, -0.05) is 32.4 Å². The van der Waals surface area contributed by atoms with Gasteiger partial charge in [0, 0.05) is 34.9 Å². The van der Waals surface area contributed by atoms with Crippen molar-refractivity contribution in [2.75, 3.05) is 5.32 Å². The van der Waals surface area contributed by atoms with E-state index in [9.17, 15) is 0 Å². The minimum absolute atomic E-state index is 0.513. The smallest absolute Gasteiger partial charge is 0.0423 e. The molecule has 1 fully saturated rings. The first-order chi connectivity index (χ1) is 9.64. The molecule has 20 heavy (non-hydrogen) atoms. The van der Waals surface area contributed by atoms with Crippen molar-refractivity contribution in [1.82, 2.24) is 4.98 Å². The predicted molar refractivity (Wildman–Crippen MR) is 86.0 cm³/mol. The monoisotopic (exact) mass is 268 g/mol. The van der Waals surface area contributed by atoms with Gasteiger partial charge in [-0.05, 0) is 43.2 Å². The van der Waals surface area contributed by atoms with Crippen molar-refractivity contribution in [3.05, 3.63) is 36.7 Å². The molecule has 1 saturated carbocycles. The molecule has 2 aromatic rings. The molecular formula is C18H24N2. The molecule has 0 bridgehead atoms. The van der Waals surface area contributed by atoms with Crippen LogP contribution in [0.5, 0.6) is 0 Å². The largest absolute Gasteiger partial charge is 0.382 e. The highest BCUT2D eigenvalue weighted by Crippen LogP contribution is 2.35. The van der Waals surface area contributed by atoms with Crippen molar-refractivity contribution in [3.8, 4) is 0 Å². The fraction of sp³-hybridized carbons (Fsp3) is 0.500. The lowest BCUT2D eigenvalue weighted by Gasteiger charge is -2.22. The summed E-state index contributed by atoms with van der Waals surface area (Å²) in [6.45, 7) is 4.80. The second-order valence-electron chi connectivity index (χ2n) is 6.84. The van der Waals surface area contributed by atoms with Crippen LogP contribution in [0.2, 0.25) is 0 Å². The van der Waals surface area contributed by atoms with Gasteiger partial charge in [0.05, 0.1) is 0 Å². The molecule has 106 valence electrons. The maximum atomic E-state index is 4.21. The topological polar surface area (TPSA) is 24.9 Å². The molecule has 0 amide bonds. The molecule has 0 saturated heterocycles. The number of hydrogen-bond donors (Lipinski definition) is 1. The third kappa shape index (κ3) is 2.95. The second kappa shape index (κ2) is 5.43. The van der Waals surface area contributed by atoms with Crippen molar-refractivity contribution >= 4 is 16.5 Å². The molecule has 1 N–H and O–H groups in total. The van der Waals surface area contributed by atoms with E-state index in [1.807, 2.05) is 12.4 Å². The molecule has 1 unspecified atom stereocenters. The number of nitrogens with one attached hydrogen (secondary N) is 1. The summed E-state index contributed by atoms with van der Waals surface area (Å²) in [4.78, 5) is 4.21. The van der Waals surface area contributed by atoms with E-state index in [1.54, 1.807) is 0 Å². The van der Waals surface area contributed by atoms with Crippen LogP contribution in [0.4, 0.5) is 5.69 Å². The van der Waals surface area contributed by atoms with Gasteiger partial charge in [0.1, 0.15) is 0 Å². The molecule has 1 atom stereocenters. The highest BCUT2D eigenvalue weighted by molar-refractivity contribution is 5.93. The normalized spacial score (nSPS) is 22.4. The average Bonchev–Trinajstić information content (AvgIpc) is 2.61. The first kappa shape index (κ1) is 13.4. The van der Waals surface area contributed by atoms with Crippen LogP contribution in [-0.4, -0.2) is 11.0 Å². The molecule has 0 aliphatic heterocycles. The van der Waals surface area contributed by atoms with Crippen molar-refractivity contribution in [3.63, 3.8) is 0 Å². The van der Waals surface area contributed by atoms with Crippen LogP contribution in [0.3, 0.4) is 0 Å². The average molecular weight is 268 g/mol. The molecule has 3 rings (SSSR count). The predicted octanol–water partition coefficient (Wildman–Crippen LogP) is 5.01. The molecule has 1 aromatic heterocycles. The van der Waals surface area contributed by atoms with Gasteiger partial charge in [-0.25, -0.2) is 0 Å². The standard InChI is InChI=1S/C18H24N2/c1-18(2)10-4-6-15(8-11-18)20-17-7-3-5-14-13-19-12-9-16(14)17/h3,5,7,9,12-13,15,20H,4,6,8,10-11H2,1-2H3. The van der Waals surface area contributed by atoms with E-state index in [4.69, 9.17) is 0 Å². The SMILES string of the molecule is CC1(C)CCCC(Nc2cccc3cnccc23)CC1. The van der Waals surface area contributed by atoms with Gasteiger partial charge in [-0.15, -0.1) is 0 Å². The van der Waals surface area contributed by atoms with E-state index in [1.165, 1.54) is 48.6 Å². The zero-order valence-corrected chi connectivity index (χ0v) is 12.5. The molecule has 2 nitrogen and oxygen atoms in total. The minimum atomic E-state index is 0.513. The summed E-state index contributed by atoms with van der Waals surface area (Å²) >= 11 is 0. The van der Waals surface area contributed by atoms with Gasteiger partial charge >= 0.3 is 0 Å². The zero-order chi connectivity index (χ0) is 14.0. The van der Waals surface area contributed by atoms with Crippen LogP contribution in [0.25, 0.3) is 10.8 Å². The summed E-state index contributed by atoms with van der Waals surface area (Å²) in [6, 6.07) is 9.16. The third-order valence-electron chi connectivity index (χ3n) is 4.62. The molecule has 1 heterocycles. The third-order valence-corrected chi connectivity index (χ3v) is 4.62. The number of aromatic nitrogens is 1. The lowest BCUT2D eigenvalue weighted by molar-refractivity contribution is 0.313. The lowest BCUT2D eigenvalue weighted by Crippen LogP contribution is -2.19. The van der Waals surface area contributed by atoms with Gasteiger partial charge in [-0.3, -0.25) is 4.98 Å². The fourth-order valence-corrected chi connectivity index (χ4v) is 3.27. The van der Waals surface area contributed by atoms with Crippen LogP contribution in [-0.2, 0) is 0 Å². The van der Waals surface area contributed by atoms with Gasteiger partial charge in [0.15, 0.2) is 0 Å². The van der Waals surface area contributed by atoms with E-state index < -0.39 is 0 Å². The van der Waals surface area contributed by atoms with Crippen molar-refractivity contribution in [2.24, 2.45) is 5.41 Å². The quantitative estimate of drug-likeness (QED) is 0.775. The van der Waals surface area contributed by atoms with Crippen LogP contribution >= 0.6 is 0 Å². The van der Waals surface area contributed by atoms with Gasteiger partial charge in [0.25, 0.3) is 0 Å². The summed E-state index contributed by atoms with van der Waals surface area (Å²) < 4.78 is 0. The Labute approximate surface area is 121 Å². The molecular weight excluding hydrogens is 244 g/mol. The van der Waals surface area contributed by atoms with Gasteiger partial charge < -0.3 is 5.32 Å². The first-order valence-electron chi connectivity index (χ1n) is 7.73. The van der Waals surface area contributed by atoms with Crippen molar-refractivity contribution in [1.29, 1.82) is 0 Å². The summed E-state index contributed by atoms with van der Waals surface area (Å²) in [6.07, 6.45) is 10.4. The molecule has 1 aromatic carbocycles. The zero-order valence-electron chi connectivity index (χ0n) is 12.5. The summed E-state index contributed by atoms with van der Waals surface area (Å²) in [7, 11) is 0. The molecule has 1 aliphatic rings. The number of pyridine rings is 1. The Balaban J connectivity index is 1.79. The summed E-state index contributed by atoms with van der Waals surface area (Å²) in [5, 5.41) is 6.27.